The first kappa shape index (κ1) is 15.3. The summed E-state index contributed by atoms with van der Waals surface area (Å²) in [6, 6.07) is 12.9. The third-order valence-electron chi connectivity index (χ3n) is 3.85. The van der Waals surface area contributed by atoms with E-state index in [-0.39, 0.29) is 12.5 Å². The van der Waals surface area contributed by atoms with Gasteiger partial charge in [0.2, 0.25) is 0 Å². The molecule has 118 valence electrons. The Morgan fingerprint density at radius 2 is 1.96 bits per heavy atom. The van der Waals surface area contributed by atoms with Gasteiger partial charge in [-0.25, -0.2) is 0 Å². The Kier molecular flexibility index (Phi) is 3.92. The molecule has 1 aliphatic rings. The molecule has 1 unspecified atom stereocenters. The van der Waals surface area contributed by atoms with Crippen LogP contribution in [0.2, 0.25) is 0 Å². The molecule has 4 nitrogen and oxygen atoms in total. The highest BCUT2D eigenvalue weighted by Gasteiger charge is 2.26. The van der Waals surface area contributed by atoms with E-state index in [1.807, 2.05) is 44.2 Å². The number of amides is 1. The number of hydrogen-bond donors (Lipinski definition) is 2. The number of aliphatic hydroxyl groups excluding tert-OH is 1. The van der Waals surface area contributed by atoms with E-state index in [9.17, 15) is 9.90 Å². The van der Waals surface area contributed by atoms with Crippen LogP contribution in [-0.4, -0.2) is 23.2 Å². The molecule has 0 saturated heterocycles. The molecule has 2 aromatic carbocycles. The monoisotopic (exact) mass is 309 g/mol. The SMILES string of the molecule is Cc1ccc(C(=O)Nc2ccc3c(c2)C=CC(C)(CO)O3)cc1. The molecule has 1 amide bonds. The lowest BCUT2D eigenvalue weighted by Gasteiger charge is -2.29. The van der Waals surface area contributed by atoms with E-state index in [1.165, 1.54) is 0 Å². The summed E-state index contributed by atoms with van der Waals surface area (Å²) in [5.74, 6) is 0.545. The van der Waals surface area contributed by atoms with Gasteiger partial charge in [0.15, 0.2) is 0 Å². The summed E-state index contributed by atoms with van der Waals surface area (Å²) in [4.78, 5) is 12.2. The fraction of sp³-hybridized carbons (Fsp3) is 0.211. The molecule has 2 N–H and O–H groups in total. The summed E-state index contributed by atoms with van der Waals surface area (Å²) in [6.45, 7) is 3.71. The first-order chi connectivity index (χ1) is 11.0. The first-order valence-corrected chi connectivity index (χ1v) is 7.50. The van der Waals surface area contributed by atoms with E-state index in [1.54, 1.807) is 24.3 Å². The van der Waals surface area contributed by atoms with Gasteiger partial charge in [-0.2, -0.15) is 0 Å². The van der Waals surface area contributed by atoms with Crippen LogP contribution in [0.3, 0.4) is 0 Å². The van der Waals surface area contributed by atoms with Crippen LogP contribution in [0.25, 0.3) is 6.08 Å². The van der Waals surface area contributed by atoms with Gasteiger partial charge < -0.3 is 15.2 Å². The minimum atomic E-state index is -0.695. The second-order valence-electron chi connectivity index (χ2n) is 5.98. The van der Waals surface area contributed by atoms with Crippen molar-refractivity contribution in [2.45, 2.75) is 19.4 Å². The third-order valence-corrected chi connectivity index (χ3v) is 3.85. The van der Waals surface area contributed by atoms with Crippen molar-refractivity contribution in [2.24, 2.45) is 0 Å². The summed E-state index contributed by atoms with van der Waals surface area (Å²) in [5.41, 5.74) is 2.62. The lowest BCUT2D eigenvalue weighted by molar-refractivity contribution is 0.0641. The molecule has 0 radical (unpaired) electrons. The molecule has 0 aromatic heterocycles. The number of carbonyl (C=O) groups excluding carboxylic acids is 1. The first-order valence-electron chi connectivity index (χ1n) is 7.50. The fourth-order valence-electron chi connectivity index (χ4n) is 2.39. The van der Waals surface area contributed by atoms with Gasteiger partial charge in [-0.05, 0) is 50.3 Å². The van der Waals surface area contributed by atoms with Crippen LogP contribution in [0.5, 0.6) is 5.75 Å². The Balaban J connectivity index is 1.78. The molecule has 0 spiro atoms. The Morgan fingerprint density at radius 3 is 2.65 bits per heavy atom. The molecule has 1 atom stereocenters. The second-order valence-corrected chi connectivity index (χ2v) is 5.98. The maximum atomic E-state index is 12.2. The Bertz CT molecular complexity index is 765. The van der Waals surface area contributed by atoms with Crippen molar-refractivity contribution < 1.29 is 14.6 Å². The van der Waals surface area contributed by atoms with E-state index in [2.05, 4.69) is 5.32 Å². The number of carbonyl (C=O) groups is 1. The number of aryl methyl sites for hydroxylation is 1. The summed E-state index contributed by atoms with van der Waals surface area (Å²) in [6.07, 6.45) is 3.72. The van der Waals surface area contributed by atoms with Gasteiger partial charge in [0.1, 0.15) is 11.4 Å². The van der Waals surface area contributed by atoms with Gasteiger partial charge >= 0.3 is 0 Å². The smallest absolute Gasteiger partial charge is 0.255 e. The number of rotatable bonds is 3. The predicted octanol–water partition coefficient (Wildman–Crippen LogP) is 3.40. The van der Waals surface area contributed by atoms with Gasteiger partial charge in [0.05, 0.1) is 6.61 Å². The molecule has 0 saturated carbocycles. The van der Waals surface area contributed by atoms with Crippen LogP contribution in [0, 0.1) is 6.92 Å². The van der Waals surface area contributed by atoms with E-state index in [4.69, 9.17) is 4.74 Å². The molecule has 4 heteroatoms. The van der Waals surface area contributed by atoms with Gasteiger partial charge in [0, 0.05) is 16.8 Å². The number of ether oxygens (including phenoxy) is 1. The van der Waals surface area contributed by atoms with Crippen molar-refractivity contribution in [1.82, 2.24) is 0 Å². The number of hydrogen-bond acceptors (Lipinski definition) is 3. The number of fused-ring (bicyclic) bond motifs is 1. The summed E-state index contributed by atoms with van der Waals surface area (Å²) < 4.78 is 5.78. The van der Waals surface area contributed by atoms with Crippen LogP contribution in [0.4, 0.5) is 5.69 Å². The zero-order chi connectivity index (χ0) is 16.4. The van der Waals surface area contributed by atoms with E-state index in [0.717, 1.165) is 11.1 Å². The summed E-state index contributed by atoms with van der Waals surface area (Å²) in [5, 5.41) is 12.2. The zero-order valence-electron chi connectivity index (χ0n) is 13.2. The number of nitrogens with one attached hydrogen (secondary N) is 1. The quantitative estimate of drug-likeness (QED) is 0.913. The lowest BCUT2D eigenvalue weighted by atomic mass is 10.0. The molecule has 0 fully saturated rings. The molecule has 1 aliphatic heterocycles. The third kappa shape index (κ3) is 3.27. The second kappa shape index (κ2) is 5.89. The molecular formula is C19H19NO3. The van der Waals surface area contributed by atoms with Crippen molar-refractivity contribution in [1.29, 1.82) is 0 Å². The fourth-order valence-corrected chi connectivity index (χ4v) is 2.39. The van der Waals surface area contributed by atoms with Gasteiger partial charge in [-0.15, -0.1) is 0 Å². The van der Waals surface area contributed by atoms with Crippen LogP contribution >= 0.6 is 0 Å². The minimum absolute atomic E-state index is 0.0884. The molecule has 3 rings (SSSR count). The van der Waals surface area contributed by atoms with Crippen LogP contribution < -0.4 is 10.1 Å². The van der Waals surface area contributed by atoms with E-state index in [0.29, 0.717) is 17.0 Å². The van der Waals surface area contributed by atoms with Crippen LogP contribution in [0.1, 0.15) is 28.4 Å². The average molecular weight is 309 g/mol. The number of benzene rings is 2. The van der Waals surface area contributed by atoms with E-state index >= 15 is 0 Å². The van der Waals surface area contributed by atoms with Crippen molar-refractivity contribution in [3.63, 3.8) is 0 Å². The Morgan fingerprint density at radius 1 is 1.22 bits per heavy atom. The predicted molar refractivity (Wildman–Crippen MR) is 90.7 cm³/mol. The number of aliphatic hydroxyl groups is 1. The molecule has 0 aliphatic carbocycles. The topological polar surface area (TPSA) is 58.6 Å². The van der Waals surface area contributed by atoms with Crippen LogP contribution in [-0.2, 0) is 0 Å². The van der Waals surface area contributed by atoms with Gasteiger partial charge in [-0.3, -0.25) is 4.79 Å². The van der Waals surface area contributed by atoms with Crippen molar-refractivity contribution in [3.8, 4) is 5.75 Å². The highest BCUT2D eigenvalue weighted by atomic mass is 16.5. The van der Waals surface area contributed by atoms with Crippen molar-refractivity contribution in [3.05, 3.63) is 65.2 Å². The van der Waals surface area contributed by atoms with Crippen molar-refractivity contribution in [2.75, 3.05) is 11.9 Å². The number of anilines is 1. The minimum Gasteiger partial charge on any atom is -0.480 e. The highest BCUT2D eigenvalue weighted by molar-refractivity contribution is 6.04. The molecular weight excluding hydrogens is 290 g/mol. The van der Waals surface area contributed by atoms with Gasteiger partial charge in [0.25, 0.3) is 5.91 Å². The van der Waals surface area contributed by atoms with Crippen molar-refractivity contribution >= 4 is 17.7 Å². The summed E-state index contributed by atoms with van der Waals surface area (Å²) in [7, 11) is 0. The summed E-state index contributed by atoms with van der Waals surface area (Å²) >= 11 is 0. The van der Waals surface area contributed by atoms with E-state index < -0.39 is 5.60 Å². The molecule has 0 bridgehead atoms. The maximum absolute atomic E-state index is 12.2. The largest absolute Gasteiger partial charge is 0.480 e. The molecule has 1 heterocycles. The lowest BCUT2D eigenvalue weighted by Crippen LogP contribution is -2.35. The van der Waals surface area contributed by atoms with Crippen LogP contribution in [0.15, 0.2) is 48.5 Å². The van der Waals surface area contributed by atoms with Gasteiger partial charge in [-0.1, -0.05) is 23.8 Å². The highest BCUT2D eigenvalue weighted by Crippen LogP contribution is 2.32. The Hall–Kier alpha value is -2.59. The molecule has 23 heavy (non-hydrogen) atoms. The maximum Gasteiger partial charge on any atom is 0.255 e. The average Bonchev–Trinajstić information content (AvgIpc) is 2.55. The Labute approximate surface area is 135 Å². The standard InChI is InChI=1S/C19H19NO3/c1-13-3-5-14(6-4-13)18(22)20-16-7-8-17-15(11-16)9-10-19(2,12-21)23-17/h3-11,21H,12H2,1-2H3,(H,20,22). The normalized spacial score (nSPS) is 18.9. The molecule has 2 aromatic rings. The zero-order valence-corrected chi connectivity index (χ0v) is 13.2.